The largest absolute Gasteiger partial charge is 0.397 e. The number of aromatic amines is 1. The molecule has 0 radical (unpaired) electrons. The highest BCUT2D eigenvalue weighted by Crippen LogP contribution is 2.56. The van der Waals surface area contributed by atoms with E-state index in [0.29, 0.717) is 5.69 Å². The summed E-state index contributed by atoms with van der Waals surface area (Å²) in [6, 6.07) is 68.2. The molecular weight excluding hydrogens is 617 g/mol. The molecular formula is C49H34N2. The smallest absolute Gasteiger partial charge is 0.0713 e. The van der Waals surface area contributed by atoms with Crippen molar-refractivity contribution < 1.29 is 0 Å². The molecule has 1 aliphatic rings. The van der Waals surface area contributed by atoms with Gasteiger partial charge >= 0.3 is 0 Å². The Morgan fingerprint density at radius 3 is 1.47 bits per heavy atom. The highest BCUT2D eigenvalue weighted by molar-refractivity contribution is 6.21. The van der Waals surface area contributed by atoms with E-state index in [0.717, 1.165) is 38.3 Å². The van der Waals surface area contributed by atoms with Gasteiger partial charge in [-0.05, 0) is 72.6 Å². The molecule has 0 unspecified atom stereocenters. The zero-order chi connectivity index (χ0) is 33.9. The summed E-state index contributed by atoms with van der Waals surface area (Å²) in [6.45, 7) is 0. The Bertz CT molecular complexity index is 2830. The van der Waals surface area contributed by atoms with E-state index in [-0.39, 0.29) is 0 Å². The maximum Gasteiger partial charge on any atom is 0.0713 e. The van der Waals surface area contributed by atoms with Crippen molar-refractivity contribution in [3.8, 4) is 22.3 Å². The molecule has 1 aliphatic carbocycles. The lowest BCUT2D eigenvalue weighted by Gasteiger charge is -2.33. The predicted octanol–water partition coefficient (Wildman–Crippen LogP) is 12.4. The molecule has 0 amide bonds. The van der Waals surface area contributed by atoms with Gasteiger partial charge in [-0.15, -0.1) is 0 Å². The van der Waals surface area contributed by atoms with Crippen LogP contribution in [0.1, 0.15) is 22.3 Å². The van der Waals surface area contributed by atoms with Crippen molar-refractivity contribution in [1.29, 1.82) is 0 Å². The SMILES string of the molecule is Nc1cccc2c1[nH]c1c(-c3ccc4c(c3)-c3ccccc3C4(c3ccccc3)c3ccccc3)cccc1c1ccccc1c1ccccc21. The van der Waals surface area contributed by atoms with Crippen LogP contribution in [0.5, 0.6) is 0 Å². The van der Waals surface area contributed by atoms with E-state index in [1.54, 1.807) is 0 Å². The third kappa shape index (κ3) is 4.30. The summed E-state index contributed by atoms with van der Waals surface area (Å²) in [5, 5.41) is 6.94. The van der Waals surface area contributed by atoms with Gasteiger partial charge in [0, 0.05) is 16.3 Å². The number of benzene rings is 8. The molecule has 0 fully saturated rings. The molecule has 2 heteroatoms. The number of aromatic nitrogens is 1. The lowest BCUT2D eigenvalue weighted by Crippen LogP contribution is -2.28. The van der Waals surface area contributed by atoms with E-state index in [1.165, 1.54) is 49.5 Å². The van der Waals surface area contributed by atoms with Crippen LogP contribution in [0, 0.1) is 0 Å². The highest BCUT2D eigenvalue weighted by atomic mass is 14.7. The number of fused-ring (bicyclic) bond motifs is 10. The molecule has 8 aromatic carbocycles. The first-order chi connectivity index (χ1) is 25.2. The van der Waals surface area contributed by atoms with Crippen molar-refractivity contribution >= 4 is 49.0 Å². The van der Waals surface area contributed by atoms with Gasteiger partial charge in [-0.1, -0.05) is 176 Å². The molecule has 9 aromatic rings. The van der Waals surface area contributed by atoms with E-state index in [9.17, 15) is 0 Å². The highest BCUT2D eigenvalue weighted by Gasteiger charge is 2.45. The number of hydrogen-bond acceptors (Lipinski definition) is 1. The predicted molar refractivity (Wildman–Crippen MR) is 216 cm³/mol. The van der Waals surface area contributed by atoms with Crippen LogP contribution in [-0.2, 0) is 5.41 Å². The van der Waals surface area contributed by atoms with Crippen LogP contribution in [-0.4, -0.2) is 4.98 Å². The van der Waals surface area contributed by atoms with E-state index >= 15 is 0 Å². The number of rotatable bonds is 3. The van der Waals surface area contributed by atoms with Gasteiger partial charge in [0.15, 0.2) is 0 Å². The number of hydrogen-bond donors (Lipinski definition) is 2. The van der Waals surface area contributed by atoms with Gasteiger partial charge in [0.25, 0.3) is 0 Å². The molecule has 0 saturated carbocycles. The second kappa shape index (κ2) is 11.5. The maximum absolute atomic E-state index is 6.83. The molecule has 2 nitrogen and oxygen atoms in total. The molecule has 3 N–H and O–H groups in total. The Morgan fingerprint density at radius 1 is 0.353 bits per heavy atom. The van der Waals surface area contributed by atoms with Crippen LogP contribution in [0.2, 0.25) is 0 Å². The summed E-state index contributed by atoms with van der Waals surface area (Å²) in [5.74, 6) is 0. The Kier molecular flexibility index (Phi) is 6.59. The van der Waals surface area contributed by atoms with Crippen LogP contribution >= 0.6 is 0 Å². The second-order valence-electron chi connectivity index (χ2n) is 13.5. The van der Waals surface area contributed by atoms with Crippen molar-refractivity contribution in [3.05, 3.63) is 210 Å². The van der Waals surface area contributed by atoms with Gasteiger partial charge in [-0.2, -0.15) is 0 Å². The van der Waals surface area contributed by atoms with Gasteiger partial charge in [-0.3, -0.25) is 0 Å². The molecule has 0 spiro atoms. The first kappa shape index (κ1) is 29.3. The first-order valence-electron chi connectivity index (χ1n) is 17.6. The fourth-order valence-corrected chi connectivity index (χ4v) is 8.73. The minimum Gasteiger partial charge on any atom is -0.397 e. The molecule has 10 rings (SSSR count). The van der Waals surface area contributed by atoms with Crippen LogP contribution in [0.15, 0.2) is 188 Å². The third-order valence-corrected chi connectivity index (χ3v) is 10.9. The van der Waals surface area contributed by atoms with Gasteiger partial charge < -0.3 is 10.7 Å². The molecule has 51 heavy (non-hydrogen) atoms. The van der Waals surface area contributed by atoms with Gasteiger partial charge in [-0.25, -0.2) is 0 Å². The summed E-state index contributed by atoms with van der Waals surface area (Å²) >= 11 is 0. The number of anilines is 1. The summed E-state index contributed by atoms with van der Waals surface area (Å²) in [4.78, 5) is 3.93. The van der Waals surface area contributed by atoms with Crippen LogP contribution in [0.25, 0.3) is 65.6 Å². The average molecular weight is 651 g/mol. The Balaban J connectivity index is 1.33. The quantitative estimate of drug-likeness (QED) is 0.184. The van der Waals surface area contributed by atoms with E-state index in [1.807, 2.05) is 12.1 Å². The van der Waals surface area contributed by atoms with E-state index < -0.39 is 5.41 Å². The fraction of sp³-hybridized carbons (Fsp3) is 0.0204. The average Bonchev–Trinajstić information content (AvgIpc) is 3.51. The molecule has 1 aromatic heterocycles. The van der Waals surface area contributed by atoms with Crippen LogP contribution in [0.3, 0.4) is 0 Å². The second-order valence-corrected chi connectivity index (χ2v) is 13.5. The Hall–Kier alpha value is -6.64. The summed E-state index contributed by atoms with van der Waals surface area (Å²) in [6.07, 6.45) is 0. The molecule has 0 atom stereocenters. The number of nitrogens with one attached hydrogen (secondary N) is 1. The number of nitrogen functional groups attached to an aromatic ring is 1. The number of H-pyrrole nitrogens is 1. The maximum atomic E-state index is 6.83. The van der Waals surface area contributed by atoms with Crippen molar-refractivity contribution in [2.75, 3.05) is 5.73 Å². The number of para-hydroxylation sites is 2. The summed E-state index contributed by atoms with van der Waals surface area (Å²) in [7, 11) is 0. The van der Waals surface area contributed by atoms with Crippen molar-refractivity contribution in [2.24, 2.45) is 0 Å². The lowest BCUT2D eigenvalue weighted by molar-refractivity contribution is 0.768. The zero-order valence-corrected chi connectivity index (χ0v) is 28.0. The van der Waals surface area contributed by atoms with Gasteiger partial charge in [0.05, 0.1) is 22.1 Å². The standard InChI is InChI=1S/C49H34N2/c50-46-28-14-26-42-39-22-10-8-20-37(39)36-19-7-9-21-38(36)41-25-13-24-35(47(41)51-48(42)46)32-29-30-45-43(31-32)40-23-11-12-27-44(40)49(45,33-15-3-1-4-16-33)34-17-5-2-6-18-34/h1-31,51H,50H2. The summed E-state index contributed by atoms with van der Waals surface area (Å²) < 4.78 is 0. The molecule has 0 bridgehead atoms. The molecule has 1 heterocycles. The van der Waals surface area contributed by atoms with Crippen LogP contribution < -0.4 is 5.73 Å². The zero-order valence-electron chi connectivity index (χ0n) is 28.0. The van der Waals surface area contributed by atoms with Crippen molar-refractivity contribution in [2.45, 2.75) is 5.41 Å². The third-order valence-electron chi connectivity index (χ3n) is 10.9. The van der Waals surface area contributed by atoms with Crippen molar-refractivity contribution in [1.82, 2.24) is 4.98 Å². The molecule has 0 aliphatic heterocycles. The molecule has 240 valence electrons. The minimum absolute atomic E-state index is 0.438. The van der Waals surface area contributed by atoms with Crippen LogP contribution in [0.4, 0.5) is 5.69 Å². The lowest BCUT2D eigenvalue weighted by atomic mass is 9.67. The topological polar surface area (TPSA) is 41.8 Å². The normalized spacial score (nSPS) is 12.9. The summed E-state index contributed by atoms with van der Waals surface area (Å²) in [5.41, 5.74) is 19.0. The monoisotopic (exact) mass is 650 g/mol. The fourth-order valence-electron chi connectivity index (χ4n) is 8.73. The number of nitrogens with two attached hydrogens (primary N) is 1. The van der Waals surface area contributed by atoms with Gasteiger partial charge in [0.1, 0.15) is 0 Å². The Morgan fingerprint density at radius 2 is 0.824 bits per heavy atom. The van der Waals surface area contributed by atoms with E-state index in [4.69, 9.17) is 5.73 Å². The van der Waals surface area contributed by atoms with Crippen molar-refractivity contribution in [3.63, 3.8) is 0 Å². The molecule has 0 saturated heterocycles. The van der Waals surface area contributed by atoms with Gasteiger partial charge in [0.2, 0.25) is 0 Å². The minimum atomic E-state index is -0.438. The van der Waals surface area contributed by atoms with E-state index in [2.05, 4.69) is 181 Å². The Labute approximate surface area is 296 Å². The first-order valence-corrected chi connectivity index (χ1v) is 17.6.